The molecule has 3 rings (SSSR count). The van der Waals surface area contributed by atoms with Crippen LogP contribution in [0.2, 0.25) is 0 Å². The molecule has 218 valence electrons. The molecule has 39 heavy (non-hydrogen) atoms. The molecule has 1 saturated heterocycles. The normalized spacial score (nSPS) is 16.7. The van der Waals surface area contributed by atoms with Gasteiger partial charge < -0.3 is 14.7 Å². The molecule has 0 aromatic heterocycles. The van der Waals surface area contributed by atoms with E-state index < -0.39 is 17.0 Å². The van der Waals surface area contributed by atoms with Crippen LogP contribution in [0.15, 0.2) is 48.2 Å². The Morgan fingerprint density at radius 1 is 1.15 bits per heavy atom. The van der Waals surface area contributed by atoms with Gasteiger partial charge in [0.15, 0.2) is 0 Å². The maximum atomic E-state index is 12.9. The van der Waals surface area contributed by atoms with Crippen LogP contribution in [0.1, 0.15) is 38.7 Å². The topological polar surface area (TPSA) is 87.0 Å². The molecule has 8 nitrogen and oxygen atoms in total. The summed E-state index contributed by atoms with van der Waals surface area (Å²) in [7, 11) is 0. The van der Waals surface area contributed by atoms with Gasteiger partial charge in [-0.05, 0) is 56.7 Å². The highest BCUT2D eigenvalue weighted by Gasteiger charge is 2.42. The van der Waals surface area contributed by atoms with Crippen molar-refractivity contribution in [1.29, 1.82) is 0 Å². The average Bonchev–Trinajstić information content (AvgIpc) is 2.88. The molecule has 1 fully saturated rings. The summed E-state index contributed by atoms with van der Waals surface area (Å²) in [5, 5.41) is 10.9. The quantitative estimate of drug-likeness (QED) is 0.291. The number of piperidine rings is 1. The van der Waals surface area contributed by atoms with Gasteiger partial charge in [0, 0.05) is 56.1 Å². The number of non-ortho nitro benzene ring substituents is 1. The van der Waals surface area contributed by atoms with Crippen molar-refractivity contribution in [1.82, 2.24) is 14.7 Å². The summed E-state index contributed by atoms with van der Waals surface area (Å²) in [5.41, 5.74) is 1.42. The van der Waals surface area contributed by atoms with Crippen LogP contribution in [-0.4, -0.2) is 76.4 Å². The summed E-state index contributed by atoms with van der Waals surface area (Å²) in [6.45, 7) is 6.95. The Hall–Kier alpha value is -2.63. The van der Waals surface area contributed by atoms with Gasteiger partial charge in [0.05, 0.1) is 4.92 Å². The molecule has 2 aliphatic rings. The lowest BCUT2D eigenvalue weighted by Gasteiger charge is -2.37. The van der Waals surface area contributed by atoms with Gasteiger partial charge in [0.2, 0.25) is 0 Å². The summed E-state index contributed by atoms with van der Waals surface area (Å²) >= 11 is 0. The second-order valence-corrected chi connectivity index (χ2v) is 9.64. The first-order valence-corrected chi connectivity index (χ1v) is 12.5. The Labute approximate surface area is 238 Å². The number of likely N-dealkylation sites (tertiary alicyclic amines) is 1. The van der Waals surface area contributed by atoms with E-state index in [1.165, 1.54) is 24.3 Å². The first-order valence-electron chi connectivity index (χ1n) is 12.5. The smallest absolute Gasteiger partial charge is 0.339 e. The largest absolute Gasteiger partial charge is 0.471 e. The number of rotatable bonds is 9. The van der Waals surface area contributed by atoms with Crippen LogP contribution in [0, 0.1) is 16.0 Å². The number of carbonyl (C=O) groups is 2. The number of hydrogen-bond donors (Lipinski definition) is 0. The predicted molar refractivity (Wildman–Crippen MR) is 147 cm³/mol. The van der Waals surface area contributed by atoms with Crippen LogP contribution in [0.4, 0.5) is 18.9 Å². The van der Waals surface area contributed by atoms with Gasteiger partial charge in [-0.15, -0.1) is 24.8 Å². The minimum Gasteiger partial charge on any atom is -0.339 e. The third-order valence-electron chi connectivity index (χ3n) is 6.90. The van der Waals surface area contributed by atoms with E-state index >= 15 is 0 Å². The Balaban J connectivity index is 0.00000380. The van der Waals surface area contributed by atoms with Gasteiger partial charge >= 0.3 is 12.1 Å². The van der Waals surface area contributed by atoms with Gasteiger partial charge in [-0.2, -0.15) is 13.2 Å². The third kappa shape index (κ3) is 9.51. The number of hydrogen-bond acceptors (Lipinski definition) is 5. The van der Waals surface area contributed by atoms with Crippen molar-refractivity contribution >= 4 is 42.3 Å². The van der Waals surface area contributed by atoms with Crippen LogP contribution >= 0.6 is 24.8 Å². The Kier molecular flexibility index (Phi) is 13.4. The van der Waals surface area contributed by atoms with Crippen molar-refractivity contribution in [3.05, 3.63) is 63.9 Å². The van der Waals surface area contributed by atoms with E-state index in [4.69, 9.17) is 0 Å². The zero-order valence-electron chi connectivity index (χ0n) is 21.9. The highest BCUT2D eigenvalue weighted by molar-refractivity contribution is 5.97. The van der Waals surface area contributed by atoms with Crippen LogP contribution in [0.5, 0.6) is 0 Å². The maximum Gasteiger partial charge on any atom is 0.471 e. The standard InChI is InChI=1S/C26H33F3N4O4.2ClH/c1-3-12-32(19(2)17-20-4-6-23(7-5-20)33(36)37)18-21-8-13-30(14-9-21)24(34)22-10-15-31(16-11-22)25(35)26(27,28)29;;/h4-7,10-11,15,19,21H,3,8-9,12-14,16-18H2,1-2H3;2*1H. The number of halogens is 5. The van der Waals surface area contributed by atoms with E-state index in [1.54, 1.807) is 17.0 Å². The summed E-state index contributed by atoms with van der Waals surface area (Å²) in [4.78, 5) is 39.4. The molecule has 1 unspecified atom stereocenters. The van der Waals surface area contributed by atoms with E-state index in [0.717, 1.165) is 50.5 Å². The van der Waals surface area contributed by atoms with E-state index in [9.17, 15) is 32.9 Å². The lowest BCUT2D eigenvalue weighted by molar-refractivity contribution is -0.384. The Morgan fingerprint density at radius 2 is 1.77 bits per heavy atom. The van der Waals surface area contributed by atoms with Crippen molar-refractivity contribution in [2.24, 2.45) is 5.92 Å². The van der Waals surface area contributed by atoms with Gasteiger partial charge in [-0.1, -0.05) is 25.1 Å². The molecular weight excluding hydrogens is 560 g/mol. The summed E-state index contributed by atoms with van der Waals surface area (Å²) in [6, 6.07) is 6.91. The molecule has 0 N–H and O–H groups in total. The molecule has 1 aromatic carbocycles. The highest BCUT2D eigenvalue weighted by Crippen LogP contribution is 2.24. The van der Waals surface area contributed by atoms with Crippen LogP contribution in [0.25, 0.3) is 0 Å². The second kappa shape index (κ2) is 15.2. The number of amides is 2. The third-order valence-corrected chi connectivity index (χ3v) is 6.90. The van der Waals surface area contributed by atoms with Gasteiger partial charge in [0.1, 0.15) is 0 Å². The molecular formula is C26H35Cl2F3N4O4. The number of nitrogens with zero attached hydrogens (tertiary/aromatic N) is 4. The SMILES string of the molecule is CCCN(CC1CCN(C(=O)C2=CCN(C(=O)C(F)(F)F)C=C2)CC1)C(C)Cc1ccc([N+](=O)[O-])cc1.Cl.Cl. The lowest BCUT2D eigenvalue weighted by Crippen LogP contribution is -2.45. The lowest BCUT2D eigenvalue weighted by atomic mass is 9.94. The molecule has 0 bridgehead atoms. The molecule has 0 aliphatic carbocycles. The minimum atomic E-state index is -4.95. The molecule has 13 heteroatoms. The monoisotopic (exact) mass is 594 g/mol. The number of alkyl halides is 3. The number of nitro benzene ring substituents is 1. The first-order chi connectivity index (χ1) is 17.5. The fourth-order valence-corrected chi connectivity index (χ4v) is 4.80. The molecule has 0 radical (unpaired) electrons. The molecule has 2 amide bonds. The van der Waals surface area contributed by atoms with E-state index in [-0.39, 0.29) is 49.0 Å². The molecule has 1 aromatic rings. The summed E-state index contributed by atoms with van der Waals surface area (Å²) in [6.07, 6.45) is 2.13. The summed E-state index contributed by atoms with van der Waals surface area (Å²) in [5.74, 6) is -1.77. The number of nitro groups is 1. The van der Waals surface area contributed by atoms with Gasteiger partial charge in [0.25, 0.3) is 11.6 Å². The minimum absolute atomic E-state index is 0. The maximum absolute atomic E-state index is 12.9. The average molecular weight is 595 g/mol. The van der Waals surface area contributed by atoms with E-state index in [2.05, 4.69) is 18.7 Å². The molecule has 1 atom stereocenters. The summed E-state index contributed by atoms with van der Waals surface area (Å²) < 4.78 is 37.8. The highest BCUT2D eigenvalue weighted by atomic mass is 35.5. The first kappa shape index (κ1) is 34.4. The van der Waals surface area contributed by atoms with Crippen molar-refractivity contribution in [3.63, 3.8) is 0 Å². The predicted octanol–water partition coefficient (Wildman–Crippen LogP) is 5.16. The van der Waals surface area contributed by atoms with Crippen LogP contribution in [-0.2, 0) is 16.0 Å². The van der Waals surface area contributed by atoms with Gasteiger partial charge in [-0.3, -0.25) is 19.7 Å². The zero-order chi connectivity index (χ0) is 27.2. The number of carbonyl (C=O) groups excluding carboxylic acids is 2. The van der Waals surface area contributed by atoms with Crippen molar-refractivity contribution in [2.75, 3.05) is 32.7 Å². The zero-order valence-corrected chi connectivity index (χ0v) is 23.6. The molecule has 0 spiro atoms. The van der Waals surface area contributed by atoms with Crippen LogP contribution < -0.4 is 0 Å². The molecule has 2 heterocycles. The second-order valence-electron chi connectivity index (χ2n) is 9.64. The van der Waals surface area contributed by atoms with Crippen molar-refractivity contribution in [2.45, 2.75) is 51.7 Å². The fraction of sp³-hybridized carbons (Fsp3) is 0.538. The Bertz CT molecular complexity index is 1040. The molecule has 0 saturated carbocycles. The van der Waals surface area contributed by atoms with Crippen molar-refractivity contribution < 1.29 is 27.7 Å². The van der Waals surface area contributed by atoms with Crippen LogP contribution in [0.3, 0.4) is 0 Å². The van der Waals surface area contributed by atoms with E-state index in [1.807, 2.05) is 0 Å². The van der Waals surface area contributed by atoms with Gasteiger partial charge in [-0.25, -0.2) is 0 Å². The van der Waals surface area contributed by atoms with E-state index in [0.29, 0.717) is 29.5 Å². The number of benzene rings is 1. The fourth-order valence-electron chi connectivity index (χ4n) is 4.80. The van der Waals surface area contributed by atoms with Crippen molar-refractivity contribution in [3.8, 4) is 0 Å². The Morgan fingerprint density at radius 3 is 2.26 bits per heavy atom. The molecule has 2 aliphatic heterocycles.